The van der Waals surface area contributed by atoms with Crippen LogP contribution in [0.2, 0.25) is 5.02 Å². The molecular formula is C14H16ClN3O. The number of nitrogens with two attached hydrogens (primary N) is 1. The minimum absolute atomic E-state index is 0.319. The summed E-state index contributed by atoms with van der Waals surface area (Å²) < 4.78 is 5.41. The number of nitrogens with zero attached hydrogens (tertiary/aromatic N) is 2. The zero-order chi connectivity index (χ0) is 13.8. The molecule has 0 radical (unpaired) electrons. The van der Waals surface area contributed by atoms with Crippen LogP contribution in [0.4, 0.5) is 0 Å². The molecule has 0 amide bonds. The third kappa shape index (κ3) is 3.22. The number of rotatable bonds is 4. The van der Waals surface area contributed by atoms with Crippen LogP contribution in [0.25, 0.3) is 11.3 Å². The SMILES string of the molecule is CCOc1ccc(-c2cc(C)nc(CN)n2)cc1Cl. The summed E-state index contributed by atoms with van der Waals surface area (Å²) in [5.41, 5.74) is 8.22. The number of aryl methyl sites for hydroxylation is 1. The van der Waals surface area contributed by atoms with Gasteiger partial charge in [0.2, 0.25) is 0 Å². The molecule has 0 bridgehead atoms. The topological polar surface area (TPSA) is 61.0 Å². The van der Waals surface area contributed by atoms with E-state index >= 15 is 0 Å². The third-order valence-corrected chi connectivity index (χ3v) is 2.91. The van der Waals surface area contributed by atoms with Crippen molar-refractivity contribution in [3.05, 3.63) is 40.8 Å². The van der Waals surface area contributed by atoms with Gasteiger partial charge in [-0.2, -0.15) is 0 Å². The van der Waals surface area contributed by atoms with Gasteiger partial charge in [0.1, 0.15) is 11.6 Å². The lowest BCUT2D eigenvalue weighted by Crippen LogP contribution is -2.05. The molecule has 0 spiro atoms. The molecule has 4 nitrogen and oxygen atoms in total. The first-order valence-corrected chi connectivity index (χ1v) is 6.49. The van der Waals surface area contributed by atoms with Crippen LogP contribution in [0.3, 0.4) is 0 Å². The smallest absolute Gasteiger partial charge is 0.142 e. The number of halogens is 1. The van der Waals surface area contributed by atoms with Crippen molar-refractivity contribution in [2.75, 3.05) is 6.61 Å². The lowest BCUT2D eigenvalue weighted by molar-refractivity contribution is 0.340. The zero-order valence-electron chi connectivity index (χ0n) is 11.0. The summed E-state index contributed by atoms with van der Waals surface area (Å²) in [6.45, 7) is 4.74. The van der Waals surface area contributed by atoms with Gasteiger partial charge in [-0.15, -0.1) is 0 Å². The van der Waals surface area contributed by atoms with Crippen LogP contribution in [-0.4, -0.2) is 16.6 Å². The first kappa shape index (κ1) is 13.8. The number of hydrogen-bond acceptors (Lipinski definition) is 4. The molecule has 0 aliphatic carbocycles. The summed E-state index contributed by atoms with van der Waals surface area (Å²) in [5, 5.41) is 0.574. The first-order chi connectivity index (χ1) is 9.13. The van der Waals surface area contributed by atoms with Crippen LogP contribution >= 0.6 is 11.6 Å². The Bertz CT molecular complexity index is 587. The minimum Gasteiger partial charge on any atom is -0.492 e. The summed E-state index contributed by atoms with van der Waals surface area (Å²) >= 11 is 6.18. The molecule has 2 rings (SSSR count). The van der Waals surface area contributed by atoms with Gasteiger partial charge in [-0.1, -0.05) is 11.6 Å². The molecule has 0 fully saturated rings. The lowest BCUT2D eigenvalue weighted by Gasteiger charge is -2.09. The molecule has 1 aromatic carbocycles. The Balaban J connectivity index is 2.41. The molecular weight excluding hydrogens is 262 g/mol. The molecule has 0 aliphatic heterocycles. The van der Waals surface area contributed by atoms with E-state index in [0.29, 0.717) is 29.7 Å². The zero-order valence-corrected chi connectivity index (χ0v) is 11.7. The van der Waals surface area contributed by atoms with E-state index in [9.17, 15) is 0 Å². The molecule has 0 unspecified atom stereocenters. The van der Waals surface area contributed by atoms with Gasteiger partial charge in [-0.25, -0.2) is 9.97 Å². The monoisotopic (exact) mass is 277 g/mol. The van der Waals surface area contributed by atoms with Crippen LogP contribution in [0, 0.1) is 6.92 Å². The molecule has 1 heterocycles. The van der Waals surface area contributed by atoms with Crippen molar-refractivity contribution in [1.29, 1.82) is 0 Å². The highest BCUT2D eigenvalue weighted by atomic mass is 35.5. The van der Waals surface area contributed by atoms with Crippen LogP contribution in [-0.2, 0) is 6.54 Å². The van der Waals surface area contributed by atoms with Crippen molar-refractivity contribution in [1.82, 2.24) is 9.97 Å². The highest BCUT2D eigenvalue weighted by molar-refractivity contribution is 6.32. The summed E-state index contributed by atoms with van der Waals surface area (Å²) in [6, 6.07) is 7.53. The second kappa shape index (κ2) is 5.99. The normalized spacial score (nSPS) is 10.5. The maximum atomic E-state index is 6.18. The first-order valence-electron chi connectivity index (χ1n) is 6.11. The van der Waals surface area contributed by atoms with Crippen LogP contribution in [0.5, 0.6) is 5.75 Å². The second-order valence-electron chi connectivity index (χ2n) is 4.09. The van der Waals surface area contributed by atoms with Crippen LogP contribution in [0.15, 0.2) is 24.3 Å². The van der Waals surface area contributed by atoms with Gasteiger partial charge in [-0.05, 0) is 38.1 Å². The van der Waals surface area contributed by atoms with Gasteiger partial charge in [0.05, 0.1) is 23.9 Å². The van der Waals surface area contributed by atoms with Crippen molar-refractivity contribution in [2.24, 2.45) is 5.73 Å². The summed E-state index contributed by atoms with van der Waals surface area (Å²) in [6.07, 6.45) is 0. The van der Waals surface area contributed by atoms with E-state index < -0.39 is 0 Å². The van der Waals surface area contributed by atoms with Crippen molar-refractivity contribution >= 4 is 11.6 Å². The molecule has 1 aromatic heterocycles. The Hall–Kier alpha value is -1.65. The second-order valence-corrected chi connectivity index (χ2v) is 4.50. The Labute approximate surface area is 117 Å². The Kier molecular flexibility index (Phi) is 4.35. The van der Waals surface area contributed by atoms with Gasteiger partial charge in [0.15, 0.2) is 0 Å². The fourth-order valence-electron chi connectivity index (χ4n) is 1.80. The fraction of sp³-hybridized carbons (Fsp3) is 0.286. The van der Waals surface area contributed by atoms with E-state index in [4.69, 9.17) is 22.1 Å². The molecule has 100 valence electrons. The van der Waals surface area contributed by atoms with Gasteiger partial charge < -0.3 is 10.5 Å². The quantitative estimate of drug-likeness (QED) is 0.933. The molecule has 2 aromatic rings. The van der Waals surface area contributed by atoms with E-state index in [-0.39, 0.29) is 0 Å². The van der Waals surface area contributed by atoms with Crippen LogP contribution in [0.1, 0.15) is 18.4 Å². The summed E-state index contributed by atoms with van der Waals surface area (Å²) in [4.78, 5) is 8.66. The average Bonchev–Trinajstić information content (AvgIpc) is 2.40. The summed E-state index contributed by atoms with van der Waals surface area (Å²) in [5.74, 6) is 1.30. The molecule has 2 N–H and O–H groups in total. The predicted octanol–water partition coefficient (Wildman–Crippen LogP) is 2.96. The highest BCUT2D eigenvalue weighted by Crippen LogP contribution is 2.29. The third-order valence-electron chi connectivity index (χ3n) is 2.61. The molecule has 0 aliphatic rings. The molecule has 0 saturated carbocycles. The number of hydrogen-bond donors (Lipinski definition) is 1. The number of aromatic nitrogens is 2. The number of benzene rings is 1. The summed E-state index contributed by atoms with van der Waals surface area (Å²) in [7, 11) is 0. The Morgan fingerprint density at radius 1 is 1.26 bits per heavy atom. The highest BCUT2D eigenvalue weighted by Gasteiger charge is 2.07. The predicted molar refractivity (Wildman–Crippen MR) is 76.3 cm³/mol. The van der Waals surface area contributed by atoms with Crippen LogP contribution < -0.4 is 10.5 Å². The fourth-order valence-corrected chi connectivity index (χ4v) is 2.04. The molecule has 0 atom stereocenters. The van der Waals surface area contributed by atoms with Crippen molar-refractivity contribution in [3.8, 4) is 17.0 Å². The van der Waals surface area contributed by atoms with Gasteiger partial charge in [0.25, 0.3) is 0 Å². The molecule has 0 saturated heterocycles. The van der Waals surface area contributed by atoms with E-state index in [1.165, 1.54) is 0 Å². The van der Waals surface area contributed by atoms with Gasteiger partial charge in [0, 0.05) is 11.3 Å². The van der Waals surface area contributed by atoms with E-state index in [2.05, 4.69) is 9.97 Å². The van der Waals surface area contributed by atoms with Gasteiger partial charge in [-0.3, -0.25) is 0 Å². The number of ether oxygens (including phenoxy) is 1. The largest absolute Gasteiger partial charge is 0.492 e. The van der Waals surface area contributed by atoms with Crippen molar-refractivity contribution < 1.29 is 4.74 Å². The molecule has 5 heteroatoms. The van der Waals surface area contributed by atoms with E-state index in [0.717, 1.165) is 17.0 Å². The van der Waals surface area contributed by atoms with Crippen molar-refractivity contribution in [3.63, 3.8) is 0 Å². The molecule has 19 heavy (non-hydrogen) atoms. The maximum absolute atomic E-state index is 6.18. The Morgan fingerprint density at radius 3 is 2.68 bits per heavy atom. The van der Waals surface area contributed by atoms with E-state index in [1.807, 2.05) is 38.1 Å². The lowest BCUT2D eigenvalue weighted by atomic mass is 10.1. The van der Waals surface area contributed by atoms with Gasteiger partial charge >= 0.3 is 0 Å². The standard InChI is InChI=1S/C14H16ClN3O/c1-3-19-13-5-4-10(7-11(13)15)12-6-9(2)17-14(8-16)18-12/h4-7H,3,8,16H2,1-2H3. The maximum Gasteiger partial charge on any atom is 0.142 e. The average molecular weight is 278 g/mol. The van der Waals surface area contributed by atoms with Crippen molar-refractivity contribution in [2.45, 2.75) is 20.4 Å². The Morgan fingerprint density at radius 2 is 2.05 bits per heavy atom. The van der Waals surface area contributed by atoms with E-state index in [1.54, 1.807) is 0 Å². The minimum atomic E-state index is 0.319.